The van der Waals surface area contributed by atoms with E-state index in [9.17, 15) is 0 Å². The highest BCUT2D eigenvalue weighted by Gasteiger charge is 2.02. The van der Waals surface area contributed by atoms with Crippen molar-refractivity contribution < 1.29 is 9.47 Å². The van der Waals surface area contributed by atoms with Gasteiger partial charge in [0, 0.05) is 24.6 Å². The number of thiophene rings is 1. The average Bonchev–Trinajstić information content (AvgIpc) is 2.84. The molecule has 1 rings (SSSR count). The molecule has 1 aromatic rings. The van der Waals surface area contributed by atoms with Crippen molar-refractivity contribution in [2.24, 2.45) is 0 Å². The highest BCUT2D eigenvalue weighted by atomic mass is 32.1. The maximum atomic E-state index is 5.73. The topological polar surface area (TPSA) is 30.5 Å². The molecule has 0 aliphatic carbocycles. The Bertz CT molecular complexity index is 264. The average molecular weight is 257 g/mol. The van der Waals surface area contributed by atoms with E-state index in [1.165, 1.54) is 4.88 Å². The van der Waals surface area contributed by atoms with Gasteiger partial charge in [-0.1, -0.05) is 6.07 Å². The Morgan fingerprint density at radius 3 is 3.06 bits per heavy atom. The molecule has 0 bridgehead atoms. The van der Waals surface area contributed by atoms with Gasteiger partial charge in [-0.2, -0.15) is 0 Å². The lowest BCUT2D eigenvalue weighted by atomic mass is 10.3. The molecule has 4 heteroatoms. The molecule has 0 radical (unpaired) electrons. The molecule has 1 atom stereocenters. The fourth-order valence-corrected chi connectivity index (χ4v) is 2.05. The predicted molar refractivity (Wildman–Crippen MR) is 72.5 cm³/mol. The number of hydrogen-bond donors (Lipinski definition) is 1. The zero-order chi connectivity index (χ0) is 12.3. The fraction of sp³-hybridized carbons (Fsp3) is 0.692. The van der Waals surface area contributed by atoms with Crippen molar-refractivity contribution in [1.29, 1.82) is 0 Å². The molecule has 0 amide bonds. The largest absolute Gasteiger partial charge is 0.382 e. The number of ether oxygens (including phenoxy) is 2. The SMILES string of the molecule is CCOCCCNCC(C)OCc1cccs1. The summed E-state index contributed by atoms with van der Waals surface area (Å²) in [6.07, 6.45) is 1.31. The number of rotatable bonds is 10. The number of nitrogens with one attached hydrogen (secondary N) is 1. The Balaban J connectivity index is 1.92. The minimum atomic E-state index is 0.254. The minimum absolute atomic E-state index is 0.254. The summed E-state index contributed by atoms with van der Waals surface area (Å²) in [7, 11) is 0. The molecule has 98 valence electrons. The smallest absolute Gasteiger partial charge is 0.0813 e. The van der Waals surface area contributed by atoms with Gasteiger partial charge < -0.3 is 14.8 Å². The third-order valence-corrected chi connectivity index (χ3v) is 3.22. The van der Waals surface area contributed by atoms with Crippen molar-refractivity contribution >= 4 is 11.3 Å². The van der Waals surface area contributed by atoms with Gasteiger partial charge in [0.1, 0.15) is 0 Å². The Kier molecular flexibility index (Phi) is 8.26. The van der Waals surface area contributed by atoms with Crippen LogP contribution in [0.25, 0.3) is 0 Å². The van der Waals surface area contributed by atoms with Crippen LogP contribution in [0.3, 0.4) is 0 Å². The molecule has 17 heavy (non-hydrogen) atoms. The van der Waals surface area contributed by atoms with Crippen LogP contribution in [0.15, 0.2) is 17.5 Å². The van der Waals surface area contributed by atoms with Crippen molar-refractivity contribution in [3.05, 3.63) is 22.4 Å². The highest BCUT2D eigenvalue weighted by Crippen LogP contribution is 2.10. The molecular formula is C13H23NO2S. The van der Waals surface area contributed by atoms with E-state index in [0.29, 0.717) is 0 Å². The summed E-state index contributed by atoms with van der Waals surface area (Å²) in [5, 5.41) is 5.45. The van der Waals surface area contributed by atoms with Crippen LogP contribution in [0.4, 0.5) is 0 Å². The van der Waals surface area contributed by atoms with E-state index < -0.39 is 0 Å². The van der Waals surface area contributed by atoms with E-state index in [1.807, 2.05) is 6.92 Å². The summed E-state index contributed by atoms with van der Waals surface area (Å²) in [6.45, 7) is 8.38. The molecular weight excluding hydrogens is 234 g/mol. The van der Waals surface area contributed by atoms with Gasteiger partial charge >= 0.3 is 0 Å². The van der Waals surface area contributed by atoms with Crippen LogP contribution in [0, 0.1) is 0 Å². The van der Waals surface area contributed by atoms with E-state index >= 15 is 0 Å². The molecule has 0 aliphatic rings. The zero-order valence-corrected chi connectivity index (χ0v) is 11.6. The van der Waals surface area contributed by atoms with Crippen LogP contribution in [0.2, 0.25) is 0 Å². The van der Waals surface area contributed by atoms with Crippen LogP contribution in [0.1, 0.15) is 25.1 Å². The number of hydrogen-bond acceptors (Lipinski definition) is 4. The molecule has 3 nitrogen and oxygen atoms in total. The van der Waals surface area contributed by atoms with Gasteiger partial charge in [0.05, 0.1) is 12.7 Å². The third kappa shape index (κ3) is 7.49. The van der Waals surface area contributed by atoms with E-state index in [-0.39, 0.29) is 6.10 Å². The Hall–Kier alpha value is -0.420. The highest BCUT2D eigenvalue weighted by molar-refractivity contribution is 7.09. The molecule has 0 saturated carbocycles. The first kappa shape index (κ1) is 14.6. The second-order valence-electron chi connectivity index (χ2n) is 3.96. The van der Waals surface area contributed by atoms with Crippen molar-refractivity contribution in [3.63, 3.8) is 0 Å². The molecule has 1 aromatic heterocycles. The second kappa shape index (κ2) is 9.59. The van der Waals surface area contributed by atoms with Crippen LogP contribution < -0.4 is 5.32 Å². The lowest BCUT2D eigenvalue weighted by Crippen LogP contribution is -2.28. The molecule has 1 heterocycles. The molecule has 0 aromatic carbocycles. The quantitative estimate of drug-likeness (QED) is 0.654. The van der Waals surface area contributed by atoms with Gasteiger partial charge in [-0.15, -0.1) is 11.3 Å². The summed E-state index contributed by atoms with van der Waals surface area (Å²) < 4.78 is 11.0. The zero-order valence-electron chi connectivity index (χ0n) is 10.8. The maximum Gasteiger partial charge on any atom is 0.0813 e. The molecule has 0 fully saturated rings. The van der Waals surface area contributed by atoms with Crippen molar-refractivity contribution in [3.8, 4) is 0 Å². The standard InChI is InChI=1S/C13H23NO2S/c1-3-15-8-5-7-14-10-12(2)16-11-13-6-4-9-17-13/h4,6,9,12,14H,3,5,7-8,10-11H2,1-2H3. The van der Waals surface area contributed by atoms with Gasteiger partial charge in [-0.05, 0) is 38.3 Å². The predicted octanol–water partition coefficient (Wildman–Crippen LogP) is 2.67. The van der Waals surface area contributed by atoms with Crippen molar-refractivity contribution in [1.82, 2.24) is 5.32 Å². The Morgan fingerprint density at radius 2 is 2.35 bits per heavy atom. The third-order valence-electron chi connectivity index (χ3n) is 2.37. The van der Waals surface area contributed by atoms with E-state index in [1.54, 1.807) is 11.3 Å². The van der Waals surface area contributed by atoms with Gasteiger partial charge in [0.2, 0.25) is 0 Å². The summed E-state index contributed by atoms with van der Waals surface area (Å²) in [4.78, 5) is 1.29. The monoisotopic (exact) mass is 257 g/mol. The van der Waals surface area contributed by atoms with Crippen molar-refractivity contribution in [2.75, 3.05) is 26.3 Å². The first-order valence-electron chi connectivity index (χ1n) is 6.25. The van der Waals surface area contributed by atoms with Gasteiger partial charge in [-0.3, -0.25) is 0 Å². The first-order valence-corrected chi connectivity index (χ1v) is 7.13. The molecule has 1 unspecified atom stereocenters. The summed E-state index contributed by atoms with van der Waals surface area (Å²) in [6, 6.07) is 4.16. The van der Waals surface area contributed by atoms with Gasteiger partial charge in [0.15, 0.2) is 0 Å². The second-order valence-corrected chi connectivity index (χ2v) is 4.99. The maximum absolute atomic E-state index is 5.73. The van der Waals surface area contributed by atoms with E-state index in [2.05, 4.69) is 29.8 Å². The summed E-state index contributed by atoms with van der Waals surface area (Å²) in [5.74, 6) is 0. The van der Waals surface area contributed by atoms with Crippen molar-refractivity contribution in [2.45, 2.75) is 33.0 Å². The lowest BCUT2D eigenvalue weighted by Gasteiger charge is -2.13. The van der Waals surface area contributed by atoms with Crippen LogP contribution in [-0.4, -0.2) is 32.4 Å². The molecule has 1 N–H and O–H groups in total. The van der Waals surface area contributed by atoms with E-state index in [4.69, 9.17) is 9.47 Å². The molecule has 0 aliphatic heterocycles. The normalized spacial score (nSPS) is 12.8. The summed E-state index contributed by atoms with van der Waals surface area (Å²) >= 11 is 1.74. The van der Waals surface area contributed by atoms with Gasteiger partial charge in [0.25, 0.3) is 0 Å². The molecule has 0 spiro atoms. The van der Waals surface area contributed by atoms with E-state index in [0.717, 1.165) is 39.3 Å². The van der Waals surface area contributed by atoms with Gasteiger partial charge in [-0.25, -0.2) is 0 Å². The Labute approximate surface area is 108 Å². The lowest BCUT2D eigenvalue weighted by molar-refractivity contribution is 0.0543. The fourth-order valence-electron chi connectivity index (χ4n) is 1.43. The Morgan fingerprint density at radius 1 is 1.47 bits per heavy atom. The van der Waals surface area contributed by atoms with Crippen LogP contribution in [0.5, 0.6) is 0 Å². The first-order chi connectivity index (χ1) is 8.33. The molecule has 0 saturated heterocycles. The van der Waals surface area contributed by atoms with Crippen LogP contribution in [-0.2, 0) is 16.1 Å². The summed E-state index contributed by atoms with van der Waals surface area (Å²) in [5.41, 5.74) is 0. The minimum Gasteiger partial charge on any atom is -0.382 e. The van der Waals surface area contributed by atoms with Crippen LogP contribution >= 0.6 is 11.3 Å².